The first-order chi connectivity index (χ1) is 10.7. The van der Waals surface area contributed by atoms with Crippen LogP contribution in [0.25, 0.3) is 0 Å². The summed E-state index contributed by atoms with van der Waals surface area (Å²) >= 11 is 0. The van der Waals surface area contributed by atoms with E-state index in [4.69, 9.17) is 0 Å². The Balaban J connectivity index is 1.64. The molecular formula is C17H26N4O. The van der Waals surface area contributed by atoms with Gasteiger partial charge in [0.2, 0.25) is 0 Å². The zero-order chi connectivity index (χ0) is 15.5. The van der Waals surface area contributed by atoms with Crippen LogP contribution in [-0.4, -0.2) is 66.0 Å². The van der Waals surface area contributed by atoms with Gasteiger partial charge in [-0.3, -0.25) is 4.79 Å². The van der Waals surface area contributed by atoms with Gasteiger partial charge in [0, 0.05) is 45.0 Å². The summed E-state index contributed by atoms with van der Waals surface area (Å²) in [7, 11) is 0. The Morgan fingerprint density at radius 3 is 2.55 bits per heavy atom. The van der Waals surface area contributed by atoms with Gasteiger partial charge in [-0.15, -0.1) is 0 Å². The van der Waals surface area contributed by atoms with E-state index in [0.29, 0.717) is 11.6 Å². The van der Waals surface area contributed by atoms with Crippen molar-refractivity contribution in [2.24, 2.45) is 0 Å². The molecule has 0 N–H and O–H groups in total. The monoisotopic (exact) mass is 302 g/mol. The minimum atomic E-state index is 0.125. The molecule has 0 radical (unpaired) electrons. The van der Waals surface area contributed by atoms with Crippen molar-refractivity contribution in [1.82, 2.24) is 14.8 Å². The van der Waals surface area contributed by atoms with Gasteiger partial charge in [0.25, 0.3) is 5.91 Å². The summed E-state index contributed by atoms with van der Waals surface area (Å²) in [5, 5.41) is 0. The van der Waals surface area contributed by atoms with Crippen LogP contribution in [0.1, 0.15) is 37.0 Å². The Labute approximate surface area is 132 Å². The molecule has 1 amide bonds. The molecule has 0 saturated carbocycles. The van der Waals surface area contributed by atoms with Gasteiger partial charge in [0.15, 0.2) is 0 Å². The molecule has 5 nitrogen and oxygen atoms in total. The number of carbonyl (C=O) groups is 1. The number of rotatable bonds is 3. The number of likely N-dealkylation sites (tertiary alicyclic amines) is 1. The van der Waals surface area contributed by atoms with Gasteiger partial charge >= 0.3 is 0 Å². The molecule has 22 heavy (non-hydrogen) atoms. The second-order valence-corrected chi connectivity index (χ2v) is 6.32. The third-order valence-electron chi connectivity index (χ3n) is 4.95. The summed E-state index contributed by atoms with van der Waals surface area (Å²) in [6, 6.07) is 4.28. The largest absolute Gasteiger partial charge is 0.354 e. The van der Waals surface area contributed by atoms with Gasteiger partial charge in [0.05, 0.1) is 5.56 Å². The highest BCUT2D eigenvalue weighted by molar-refractivity contribution is 5.94. The molecule has 0 aliphatic carbocycles. The summed E-state index contributed by atoms with van der Waals surface area (Å²) in [6.45, 7) is 10.5. The second-order valence-electron chi connectivity index (χ2n) is 6.32. The van der Waals surface area contributed by atoms with E-state index in [1.165, 1.54) is 0 Å². The smallest absolute Gasteiger partial charge is 0.255 e. The van der Waals surface area contributed by atoms with E-state index in [1.54, 1.807) is 6.20 Å². The van der Waals surface area contributed by atoms with Crippen molar-refractivity contribution in [3.05, 3.63) is 23.9 Å². The Morgan fingerprint density at radius 2 is 2.00 bits per heavy atom. The van der Waals surface area contributed by atoms with Crippen molar-refractivity contribution in [2.75, 3.05) is 44.2 Å². The number of piperazine rings is 1. The summed E-state index contributed by atoms with van der Waals surface area (Å²) in [4.78, 5) is 23.7. The van der Waals surface area contributed by atoms with E-state index < -0.39 is 0 Å². The normalized spacial score (nSPS) is 23.1. The standard InChI is InChI=1S/C17H26N4O/c1-3-19-9-11-20(12-10-19)16-7-6-15(13-18-16)17(22)21-8-4-5-14(21)2/h6-7,13-14H,3-5,8-12H2,1-2H3. The lowest BCUT2D eigenvalue weighted by molar-refractivity contribution is 0.0747. The lowest BCUT2D eigenvalue weighted by Crippen LogP contribution is -2.46. The maximum Gasteiger partial charge on any atom is 0.255 e. The number of amides is 1. The highest BCUT2D eigenvalue weighted by Gasteiger charge is 2.26. The summed E-state index contributed by atoms with van der Waals surface area (Å²) < 4.78 is 0. The number of hydrogen-bond acceptors (Lipinski definition) is 4. The maximum atomic E-state index is 12.5. The fraction of sp³-hybridized carbons (Fsp3) is 0.647. The first kappa shape index (κ1) is 15.3. The summed E-state index contributed by atoms with van der Waals surface area (Å²) in [5.41, 5.74) is 0.713. The Morgan fingerprint density at radius 1 is 1.23 bits per heavy atom. The number of anilines is 1. The number of hydrogen-bond donors (Lipinski definition) is 0. The molecule has 2 aliphatic rings. The minimum absolute atomic E-state index is 0.125. The Kier molecular flexibility index (Phi) is 4.62. The zero-order valence-corrected chi connectivity index (χ0v) is 13.7. The van der Waals surface area contributed by atoms with Gasteiger partial charge in [-0.05, 0) is 38.4 Å². The lowest BCUT2D eigenvalue weighted by atomic mass is 10.2. The zero-order valence-electron chi connectivity index (χ0n) is 13.7. The number of pyridine rings is 1. The third-order valence-corrected chi connectivity index (χ3v) is 4.95. The van der Waals surface area contributed by atoms with Crippen LogP contribution in [0.5, 0.6) is 0 Å². The van der Waals surface area contributed by atoms with Crippen LogP contribution in [0, 0.1) is 0 Å². The number of aromatic nitrogens is 1. The van der Waals surface area contributed by atoms with E-state index in [0.717, 1.165) is 57.9 Å². The van der Waals surface area contributed by atoms with Crippen LogP contribution < -0.4 is 4.90 Å². The lowest BCUT2D eigenvalue weighted by Gasteiger charge is -2.34. The van der Waals surface area contributed by atoms with Gasteiger partial charge in [-0.25, -0.2) is 4.98 Å². The fourth-order valence-electron chi connectivity index (χ4n) is 3.39. The average Bonchev–Trinajstić information content (AvgIpc) is 3.00. The van der Waals surface area contributed by atoms with Crippen molar-refractivity contribution < 1.29 is 4.79 Å². The van der Waals surface area contributed by atoms with E-state index in [1.807, 2.05) is 17.0 Å². The molecule has 2 saturated heterocycles. The predicted molar refractivity (Wildman–Crippen MR) is 88.3 cm³/mol. The fourth-order valence-corrected chi connectivity index (χ4v) is 3.39. The van der Waals surface area contributed by atoms with Crippen LogP contribution in [0.3, 0.4) is 0 Å². The SMILES string of the molecule is CCN1CCN(c2ccc(C(=O)N3CCCC3C)cn2)CC1. The van der Waals surface area contributed by atoms with Crippen LogP contribution in [0.4, 0.5) is 5.82 Å². The van der Waals surface area contributed by atoms with Crippen LogP contribution in [0.15, 0.2) is 18.3 Å². The summed E-state index contributed by atoms with van der Waals surface area (Å²) in [5.74, 6) is 1.11. The minimum Gasteiger partial charge on any atom is -0.354 e. The Hall–Kier alpha value is -1.62. The van der Waals surface area contributed by atoms with Crippen molar-refractivity contribution in [3.8, 4) is 0 Å². The first-order valence-electron chi connectivity index (χ1n) is 8.43. The van der Waals surface area contributed by atoms with Crippen LogP contribution >= 0.6 is 0 Å². The highest BCUT2D eigenvalue weighted by Crippen LogP contribution is 2.20. The molecule has 3 heterocycles. The molecule has 0 bridgehead atoms. The maximum absolute atomic E-state index is 12.5. The summed E-state index contributed by atoms with van der Waals surface area (Å²) in [6.07, 6.45) is 3.97. The molecule has 2 aliphatic heterocycles. The molecule has 1 atom stereocenters. The molecule has 1 unspecified atom stereocenters. The third kappa shape index (κ3) is 3.09. The molecule has 1 aromatic heterocycles. The number of nitrogens with zero attached hydrogens (tertiary/aromatic N) is 4. The van der Waals surface area contributed by atoms with Crippen molar-refractivity contribution >= 4 is 11.7 Å². The van der Waals surface area contributed by atoms with Crippen LogP contribution in [0.2, 0.25) is 0 Å². The number of likely N-dealkylation sites (N-methyl/N-ethyl adjacent to an activating group) is 1. The molecule has 0 aromatic carbocycles. The molecule has 2 fully saturated rings. The molecule has 5 heteroatoms. The van der Waals surface area contributed by atoms with Gasteiger partial charge in [0.1, 0.15) is 5.82 Å². The molecular weight excluding hydrogens is 276 g/mol. The van der Waals surface area contributed by atoms with Gasteiger partial charge in [-0.1, -0.05) is 6.92 Å². The second kappa shape index (κ2) is 6.65. The van der Waals surface area contributed by atoms with Crippen molar-refractivity contribution in [1.29, 1.82) is 0 Å². The van der Waals surface area contributed by atoms with E-state index in [2.05, 4.69) is 28.6 Å². The van der Waals surface area contributed by atoms with E-state index >= 15 is 0 Å². The molecule has 3 rings (SSSR count). The van der Waals surface area contributed by atoms with Crippen molar-refractivity contribution in [2.45, 2.75) is 32.7 Å². The van der Waals surface area contributed by atoms with E-state index in [-0.39, 0.29) is 5.91 Å². The highest BCUT2D eigenvalue weighted by atomic mass is 16.2. The quantitative estimate of drug-likeness (QED) is 0.854. The number of carbonyl (C=O) groups excluding carboxylic acids is 1. The first-order valence-corrected chi connectivity index (χ1v) is 8.43. The average molecular weight is 302 g/mol. The molecule has 1 aromatic rings. The molecule has 0 spiro atoms. The van der Waals surface area contributed by atoms with Crippen molar-refractivity contribution in [3.63, 3.8) is 0 Å². The predicted octanol–water partition coefficient (Wildman–Crippen LogP) is 1.85. The van der Waals surface area contributed by atoms with Gasteiger partial charge in [-0.2, -0.15) is 0 Å². The van der Waals surface area contributed by atoms with Crippen LogP contribution in [-0.2, 0) is 0 Å². The Bertz CT molecular complexity index is 508. The topological polar surface area (TPSA) is 39.7 Å². The van der Waals surface area contributed by atoms with Gasteiger partial charge < -0.3 is 14.7 Å². The van der Waals surface area contributed by atoms with E-state index in [9.17, 15) is 4.79 Å². The molecule has 120 valence electrons.